The Morgan fingerprint density at radius 2 is 1.11 bits per heavy atom. The Labute approximate surface area is 218 Å². The van der Waals surface area contributed by atoms with Crippen LogP contribution < -0.4 is 0 Å². The van der Waals surface area contributed by atoms with E-state index in [1.165, 1.54) is 25.7 Å². The zero-order valence-corrected chi connectivity index (χ0v) is 23.5. The van der Waals surface area contributed by atoms with E-state index in [2.05, 4.69) is 13.8 Å². The van der Waals surface area contributed by atoms with Gasteiger partial charge in [0, 0.05) is 27.8 Å². The fourth-order valence-electron chi connectivity index (χ4n) is 4.91. The van der Waals surface area contributed by atoms with Crippen LogP contribution in [0.4, 0.5) is 0 Å². The molecular weight excluding hydrogens is 468 g/mol. The molecule has 0 saturated carbocycles. The normalized spacial score (nSPS) is 35.8. The van der Waals surface area contributed by atoms with Crippen molar-refractivity contribution in [3.8, 4) is 0 Å². The molecule has 0 radical (unpaired) electrons. The summed E-state index contributed by atoms with van der Waals surface area (Å²) >= 11 is 0. The smallest absolute Gasteiger partial charge is 0.111 e. The Morgan fingerprint density at radius 1 is 0.583 bits per heavy atom. The summed E-state index contributed by atoms with van der Waals surface area (Å²) in [7, 11) is 4.91. The second-order valence-corrected chi connectivity index (χ2v) is 9.98. The molecule has 3 saturated heterocycles. The van der Waals surface area contributed by atoms with Crippen molar-refractivity contribution in [3.05, 3.63) is 0 Å². The van der Waals surface area contributed by atoms with Gasteiger partial charge in [-0.15, -0.1) is 0 Å². The molecular formula is C27H54O9. The second-order valence-electron chi connectivity index (χ2n) is 9.98. The van der Waals surface area contributed by atoms with Crippen LogP contribution in [0.2, 0.25) is 0 Å². The van der Waals surface area contributed by atoms with Crippen molar-refractivity contribution in [1.29, 1.82) is 0 Å². The van der Waals surface area contributed by atoms with Gasteiger partial charge in [0.15, 0.2) is 0 Å². The average Bonchev–Trinajstić information content (AvgIpc) is 3.51. The quantitative estimate of drug-likeness (QED) is 0.356. The first kappa shape index (κ1) is 33.7. The van der Waals surface area contributed by atoms with Crippen molar-refractivity contribution < 1.29 is 43.7 Å². The van der Waals surface area contributed by atoms with Crippen LogP contribution in [-0.4, -0.2) is 111 Å². The fraction of sp³-hybridized carbons (Fsp3) is 1.00. The lowest BCUT2D eigenvalue weighted by molar-refractivity contribution is -0.0349. The zero-order chi connectivity index (χ0) is 26.9. The lowest BCUT2D eigenvalue weighted by Gasteiger charge is -2.12. The van der Waals surface area contributed by atoms with Gasteiger partial charge in [-0.25, -0.2) is 0 Å². The van der Waals surface area contributed by atoms with Crippen LogP contribution in [0, 0.1) is 0 Å². The summed E-state index contributed by atoms with van der Waals surface area (Å²) in [5.74, 6) is 0. The van der Waals surface area contributed by atoms with Crippen LogP contribution in [0.1, 0.15) is 78.6 Å². The van der Waals surface area contributed by atoms with Crippen LogP contribution in [-0.2, 0) is 28.4 Å². The third kappa shape index (κ3) is 12.0. The van der Waals surface area contributed by atoms with Gasteiger partial charge in [0.05, 0.1) is 50.3 Å². The standard InChI is InChI=1S/C9H18O4.C9H18O3.C9H18O2/c1-3-4-6-8(10)9(11)7(13-6)5-12-2;1-3-4-7-5-8(10)9(12-7)6-11-2;1-3-4-8-5-6-9(11-8)7-10-2/h6-11H,3-5H2,1-2H3;7-10H,3-6H2,1-2H3;8-9H,3-7H2,1-2H3. The van der Waals surface area contributed by atoms with Gasteiger partial charge in [-0.05, 0) is 32.1 Å². The molecule has 9 unspecified atom stereocenters. The molecule has 3 aliphatic rings. The maximum atomic E-state index is 9.56. The molecule has 3 heterocycles. The molecule has 3 rings (SSSR count). The van der Waals surface area contributed by atoms with Gasteiger partial charge in [-0.3, -0.25) is 0 Å². The molecule has 9 nitrogen and oxygen atoms in total. The molecule has 0 aromatic carbocycles. The molecule has 216 valence electrons. The minimum absolute atomic E-state index is 0.105. The minimum atomic E-state index is -0.809. The van der Waals surface area contributed by atoms with E-state index in [4.69, 9.17) is 28.4 Å². The maximum Gasteiger partial charge on any atom is 0.111 e. The predicted octanol–water partition coefficient (Wildman–Crippen LogP) is 2.85. The molecule has 9 atom stereocenters. The lowest BCUT2D eigenvalue weighted by Crippen LogP contribution is -2.34. The summed E-state index contributed by atoms with van der Waals surface area (Å²) in [5, 5.41) is 28.6. The van der Waals surface area contributed by atoms with E-state index >= 15 is 0 Å². The molecule has 9 heteroatoms. The number of aliphatic hydroxyl groups is 3. The van der Waals surface area contributed by atoms with E-state index in [1.54, 1.807) is 21.3 Å². The molecule has 3 aliphatic heterocycles. The second kappa shape index (κ2) is 19.7. The van der Waals surface area contributed by atoms with Crippen LogP contribution in [0.25, 0.3) is 0 Å². The predicted molar refractivity (Wildman–Crippen MR) is 138 cm³/mol. The van der Waals surface area contributed by atoms with Gasteiger partial charge < -0.3 is 43.7 Å². The van der Waals surface area contributed by atoms with Crippen molar-refractivity contribution in [1.82, 2.24) is 0 Å². The van der Waals surface area contributed by atoms with Gasteiger partial charge in [-0.2, -0.15) is 0 Å². The zero-order valence-electron chi connectivity index (χ0n) is 23.5. The Balaban J connectivity index is 0.000000271. The van der Waals surface area contributed by atoms with Crippen LogP contribution in [0.5, 0.6) is 0 Å². The van der Waals surface area contributed by atoms with E-state index in [0.717, 1.165) is 38.7 Å². The molecule has 0 aromatic heterocycles. The molecule has 36 heavy (non-hydrogen) atoms. The van der Waals surface area contributed by atoms with Gasteiger partial charge in [-0.1, -0.05) is 40.0 Å². The van der Waals surface area contributed by atoms with E-state index in [0.29, 0.717) is 25.4 Å². The number of ether oxygens (including phenoxy) is 6. The fourth-order valence-corrected chi connectivity index (χ4v) is 4.91. The van der Waals surface area contributed by atoms with Crippen molar-refractivity contribution in [2.75, 3.05) is 41.2 Å². The Bertz CT molecular complexity index is 495. The van der Waals surface area contributed by atoms with Gasteiger partial charge in [0.25, 0.3) is 0 Å². The molecule has 0 aliphatic carbocycles. The first-order chi connectivity index (χ1) is 17.3. The third-order valence-electron chi connectivity index (χ3n) is 6.77. The lowest BCUT2D eigenvalue weighted by atomic mass is 10.1. The maximum absolute atomic E-state index is 9.56. The van der Waals surface area contributed by atoms with Gasteiger partial charge >= 0.3 is 0 Å². The largest absolute Gasteiger partial charge is 0.390 e. The number of hydrogen-bond donors (Lipinski definition) is 3. The first-order valence-corrected chi connectivity index (χ1v) is 13.8. The van der Waals surface area contributed by atoms with Crippen LogP contribution in [0.3, 0.4) is 0 Å². The molecule has 3 fully saturated rings. The summed E-state index contributed by atoms with van der Waals surface area (Å²) < 4.78 is 31.6. The van der Waals surface area contributed by atoms with E-state index < -0.39 is 12.2 Å². The van der Waals surface area contributed by atoms with Crippen molar-refractivity contribution in [3.63, 3.8) is 0 Å². The van der Waals surface area contributed by atoms with Crippen molar-refractivity contribution in [2.24, 2.45) is 0 Å². The van der Waals surface area contributed by atoms with E-state index in [1.807, 2.05) is 6.92 Å². The molecule has 0 bridgehead atoms. The molecule has 0 amide bonds. The minimum Gasteiger partial charge on any atom is -0.390 e. The van der Waals surface area contributed by atoms with Gasteiger partial charge in [0.1, 0.15) is 24.4 Å². The summed E-state index contributed by atoms with van der Waals surface area (Å²) in [5.41, 5.74) is 0. The van der Waals surface area contributed by atoms with Crippen LogP contribution >= 0.6 is 0 Å². The van der Waals surface area contributed by atoms with Crippen molar-refractivity contribution >= 4 is 0 Å². The topological polar surface area (TPSA) is 116 Å². The number of hydrogen-bond acceptors (Lipinski definition) is 9. The Hall–Kier alpha value is -0.360. The molecule has 3 N–H and O–H groups in total. The van der Waals surface area contributed by atoms with E-state index in [-0.39, 0.29) is 30.5 Å². The SMILES string of the molecule is CCCC1CC(O)C(COC)O1.CCCC1CCC(COC)O1.CCCC1OC(COC)C(O)C1O. The highest BCUT2D eigenvalue weighted by molar-refractivity contribution is 4.90. The molecule has 0 spiro atoms. The van der Waals surface area contributed by atoms with E-state index in [9.17, 15) is 15.3 Å². The number of aliphatic hydroxyl groups excluding tert-OH is 3. The van der Waals surface area contributed by atoms with Gasteiger partial charge in [0.2, 0.25) is 0 Å². The summed E-state index contributed by atoms with van der Waals surface area (Å²) in [4.78, 5) is 0. The molecule has 0 aromatic rings. The van der Waals surface area contributed by atoms with Crippen LogP contribution in [0.15, 0.2) is 0 Å². The summed E-state index contributed by atoms with van der Waals surface area (Å²) in [6.45, 7) is 7.94. The number of methoxy groups -OCH3 is 3. The van der Waals surface area contributed by atoms with Crippen molar-refractivity contribution in [2.45, 2.75) is 133 Å². The highest BCUT2D eigenvalue weighted by Crippen LogP contribution is 2.25. The number of rotatable bonds is 12. The Kier molecular flexibility index (Phi) is 18.4. The monoisotopic (exact) mass is 522 g/mol. The average molecular weight is 523 g/mol. The summed E-state index contributed by atoms with van der Waals surface area (Å²) in [6.07, 6.45) is 7.97. The third-order valence-corrected chi connectivity index (χ3v) is 6.77. The first-order valence-electron chi connectivity index (χ1n) is 13.8. The highest BCUT2D eigenvalue weighted by Gasteiger charge is 2.41. The Morgan fingerprint density at radius 3 is 1.69 bits per heavy atom. The highest BCUT2D eigenvalue weighted by atomic mass is 16.6. The summed E-state index contributed by atoms with van der Waals surface area (Å²) in [6, 6.07) is 0.